The summed E-state index contributed by atoms with van der Waals surface area (Å²) in [6.45, 7) is 12.0. The first kappa shape index (κ1) is 16.7. The van der Waals surface area contributed by atoms with E-state index in [1.165, 1.54) is 32.0 Å². The molecule has 20 heavy (non-hydrogen) atoms. The highest BCUT2D eigenvalue weighted by atomic mass is 15.0. The maximum atomic E-state index is 5.97. The molecular formula is C16H30N4. The average Bonchev–Trinajstić information content (AvgIpc) is 2.36. The zero-order valence-corrected chi connectivity index (χ0v) is 13.7. The normalized spacial score (nSPS) is 11.9. The zero-order chi connectivity index (χ0) is 15.2. The molecule has 0 unspecified atom stereocenters. The van der Waals surface area contributed by atoms with Crippen LogP contribution in [0.3, 0.4) is 0 Å². The minimum absolute atomic E-state index is 0.267. The van der Waals surface area contributed by atoms with Gasteiger partial charge < -0.3 is 11.1 Å². The van der Waals surface area contributed by atoms with Crippen LogP contribution in [0.2, 0.25) is 0 Å². The Hall–Kier alpha value is -1.32. The SMILES string of the molecule is CCCCCC(C)(C)CNc1ncnc(N)c1C(C)C. The van der Waals surface area contributed by atoms with Crippen molar-refractivity contribution < 1.29 is 0 Å². The van der Waals surface area contributed by atoms with Gasteiger partial charge in [-0.25, -0.2) is 9.97 Å². The van der Waals surface area contributed by atoms with Gasteiger partial charge in [-0.1, -0.05) is 53.9 Å². The Balaban J connectivity index is 2.67. The van der Waals surface area contributed by atoms with Gasteiger partial charge in [0.1, 0.15) is 18.0 Å². The quantitative estimate of drug-likeness (QED) is 0.699. The molecule has 114 valence electrons. The Morgan fingerprint density at radius 2 is 1.95 bits per heavy atom. The molecule has 3 N–H and O–H groups in total. The number of nitrogens with zero attached hydrogens (tertiary/aromatic N) is 2. The van der Waals surface area contributed by atoms with Crippen LogP contribution >= 0.6 is 0 Å². The first-order chi connectivity index (χ1) is 9.37. The summed E-state index contributed by atoms with van der Waals surface area (Å²) in [5, 5.41) is 3.47. The summed E-state index contributed by atoms with van der Waals surface area (Å²) in [7, 11) is 0. The average molecular weight is 278 g/mol. The number of unbranched alkanes of at least 4 members (excludes halogenated alkanes) is 2. The number of anilines is 2. The van der Waals surface area contributed by atoms with Crippen LogP contribution in [-0.2, 0) is 0 Å². The number of hydrogen-bond donors (Lipinski definition) is 2. The number of nitrogens with two attached hydrogens (primary N) is 1. The lowest BCUT2D eigenvalue weighted by Crippen LogP contribution is -2.24. The topological polar surface area (TPSA) is 63.8 Å². The third kappa shape index (κ3) is 4.99. The molecule has 0 radical (unpaired) electrons. The molecule has 1 aromatic rings. The predicted molar refractivity (Wildman–Crippen MR) is 86.9 cm³/mol. The largest absolute Gasteiger partial charge is 0.383 e. The first-order valence-electron chi connectivity index (χ1n) is 7.71. The van der Waals surface area contributed by atoms with Crippen molar-refractivity contribution in [1.82, 2.24) is 9.97 Å². The number of hydrogen-bond acceptors (Lipinski definition) is 4. The number of rotatable bonds is 8. The molecular weight excluding hydrogens is 248 g/mol. The van der Waals surface area contributed by atoms with E-state index in [9.17, 15) is 0 Å². The molecule has 0 aliphatic carbocycles. The van der Waals surface area contributed by atoms with E-state index in [2.05, 4.69) is 49.9 Å². The highest BCUT2D eigenvalue weighted by Crippen LogP contribution is 2.29. The molecule has 0 aliphatic rings. The van der Waals surface area contributed by atoms with Crippen LogP contribution in [0.5, 0.6) is 0 Å². The lowest BCUT2D eigenvalue weighted by Gasteiger charge is -2.26. The van der Waals surface area contributed by atoms with E-state index in [0.717, 1.165) is 17.9 Å². The smallest absolute Gasteiger partial charge is 0.134 e. The van der Waals surface area contributed by atoms with Gasteiger partial charge in [-0.3, -0.25) is 0 Å². The molecule has 0 saturated heterocycles. The standard InChI is InChI=1S/C16H30N4/c1-6-7-8-9-16(4,5)10-18-15-13(12(2)3)14(17)19-11-20-15/h11-12H,6-10H2,1-5H3,(H3,17,18,19,20). The second-order valence-corrected chi connectivity index (χ2v) is 6.65. The molecule has 1 aromatic heterocycles. The summed E-state index contributed by atoms with van der Waals surface area (Å²) in [6, 6.07) is 0. The number of aromatic nitrogens is 2. The van der Waals surface area contributed by atoms with Crippen LogP contribution in [0.1, 0.15) is 71.8 Å². The predicted octanol–water partition coefficient (Wildman–Crippen LogP) is 4.20. The summed E-state index contributed by atoms with van der Waals surface area (Å²) >= 11 is 0. The fourth-order valence-corrected chi connectivity index (χ4v) is 2.38. The van der Waals surface area contributed by atoms with Crippen molar-refractivity contribution in [1.29, 1.82) is 0 Å². The summed E-state index contributed by atoms with van der Waals surface area (Å²) in [5.74, 6) is 1.79. The van der Waals surface area contributed by atoms with E-state index in [0.29, 0.717) is 11.7 Å². The van der Waals surface area contributed by atoms with Crippen molar-refractivity contribution in [3.63, 3.8) is 0 Å². The molecule has 0 aromatic carbocycles. The summed E-state index contributed by atoms with van der Waals surface area (Å²) in [4.78, 5) is 8.45. The van der Waals surface area contributed by atoms with Crippen LogP contribution in [0, 0.1) is 5.41 Å². The molecule has 1 heterocycles. The highest BCUT2D eigenvalue weighted by molar-refractivity contribution is 5.56. The van der Waals surface area contributed by atoms with Crippen LogP contribution in [0.25, 0.3) is 0 Å². The Kier molecular flexibility index (Phi) is 6.24. The Morgan fingerprint density at radius 3 is 2.55 bits per heavy atom. The third-order valence-corrected chi connectivity index (χ3v) is 3.68. The van der Waals surface area contributed by atoms with E-state index in [1.54, 1.807) is 0 Å². The molecule has 0 fully saturated rings. The lowest BCUT2D eigenvalue weighted by atomic mass is 9.87. The zero-order valence-electron chi connectivity index (χ0n) is 13.7. The Bertz CT molecular complexity index is 413. The van der Waals surface area contributed by atoms with Crippen molar-refractivity contribution in [3.05, 3.63) is 11.9 Å². The molecule has 0 aliphatic heterocycles. The molecule has 0 atom stereocenters. The third-order valence-electron chi connectivity index (χ3n) is 3.68. The Labute approximate surface area is 123 Å². The summed E-state index contributed by atoms with van der Waals surface area (Å²) in [5.41, 5.74) is 7.26. The molecule has 4 heteroatoms. The van der Waals surface area contributed by atoms with Crippen molar-refractivity contribution >= 4 is 11.6 Å². The van der Waals surface area contributed by atoms with Gasteiger partial charge >= 0.3 is 0 Å². The maximum Gasteiger partial charge on any atom is 0.134 e. The van der Waals surface area contributed by atoms with Crippen molar-refractivity contribution in [2.75, 3.05) is 17.6 Å². The molecule has 0 spiro atoms. The van der Waals surface area contributed by atoms with Crippen LogP contribution in [0.4, 0.5) is 11.6 Å². The first-order valence-corrected chi connectivity index (χ1v) is 7.71. The summed E-state index contributed by atoms with van der Waals surface area (Å²) in [6.07, 6.45) is 6.62. The van der Waals surface area contributed by atoms with Crippen LogP contribution < -0.4 is 11.1 Å². The van der Waals surface area contributed by atoms with E-state index >= 15 is 0 Å². The molecule has 0 saturated carbocycles. The number of nitrogen functional groups attached to an aromatic ring is 1. The van der Waals surface area contributed by atoms with Gasteiger partial charge in [0.2, 0.25) is 0 Å². The van der Waals surface area contributed by atoms with Gasteiger partial charge in [0.15, 0.2) is 0 Å². The summed E-state index contributed by atoms with van der Waals surface area (Å²) < 4.78 is 0. The highest BCUT2D eigenvalue weighted by Gasteiger charge is 2.19. The van der Waals surface area contributed by atoms with Crippen molar-refractivity contribution in [2.24, 2.45) is 5.41 Å². The second kappa shape index (κ2) is 7.46. The van der Waals surface area contributed by atoms with E-state index in [1.807, 2.05) is 0 Å². The monoisotopic (exact) mass is 278 g/mol. The van der Waals surface area contributed by atoms with E-state index < -0.39 is 0 Å². The fourth-order valence-electron chi connectivity index (χ4n) is 2.38. The van der Waals surface area contributed by atoms with E-state index in [-0.39, 0.29) is 5.41 Å². The van der Waals surface area contributed by atoms with Gasteiger partial charge in [-0.05, 0) is 17.8 Å². The van der Waals surface area contributed by atoms with Gasteiger partial charge in [-0.2, -0.15) is 0 Å². The molecule has 0 amide bonds. The van der Waals surface area contributed by atoms with E-state index in [4.69, 9.17) is 5.73 Å². The van der Waals surface area contributed by atoms with Crippen molar-refractivity contribution in [3.8, 4) is 0 Å². The number of nitrogens with one attached hydrogen (secondary N) is 1. The van der Waals surface area contributed by atoms with Crippen LogP contribution in [-0.4, -0.2) is 16.5 Å². The van der Waals surface area contributed by atoms with Gasteiger partial charge in [0.05, 0.1) is 0 Å². The maximum absolute atomic E-state index is 5.97. The minimum Gasteiger partial charge on any atom is -0.383 e. The van der Waals surface area contributed by atoms with Crippen molar-refractivity contribution in [2.45, 2.75) is 66.2 Å². The molecule has 4 nitrogen and oxygen atoms in total. The molecule has 1 rings (SSSR count). The second-order valence-electron chi connectivity index (χ2n) is 6.65. The van der Waals surface area contributed by atoms with Gasteiger partial charge in [0, 0.05) is 12.1 Å². The molecule has 0 bridgehead atoms. The van der Waals surface area contributed by atoms with Gasteiger partial charge in [0.25, 0.3) is 0 Å². The van der Waals surface area contributed by atoms with Gasteiger partial charge in [-0.15, -0.1) is 0 Å². The Morgan fingerprint density at radius 1 is 1.25 bits per heavy atom. The van der Waals surface area contributed by atoms with Crippen LogP contribution in [0.15, 0.2) is 6.33 Å². The lowest BCUT2D eigenvalue weighted by molar-refractivity contribution is 0.342. The minimum atomic E-state index is 0.267. The fraction of sp³-hybridized carbons (Fsp3) is 0.750.